The van der Waals surface area contributed by atoms with Gasteiger partial charge in [0, 0.05) is 32.7 Å². The van der Waals surface area contributed by atoms with Crippen molar-refractivity contribution in [3.8, 4) is 5.75 Å². The summed E-state index contributed by atoms with van der Waals surface area (Å²) >= 11 is 6.17. The van der Waals surface area contributed by atoms with E-state index in [0.29, 0.717) is 43.3 Å². The van der Waals surface area contributed by atoms with E-state index in [9.17, 15) is 9.59 Å². The lowest BCUT2D eigenvalue weighted by Crippen LogP contribution is -2.40. The average Bonchev–Trinajstić information content (AvgIpc) is 2.99. The van der Waals surface area contributed by atoms with Crippen LogP contribution in [0.15, 0.2) is 48.5 Å². The van der Waals surface area contributed by atoms with E-state index in [1.165, 1.54) is 0 Å². The smallest absolute Gasteiger partial charge is 0.255 e. The van der Waals surface area contributed by atoms with Crippen LogP contribution >= 0.6 is 11.6 Å². The lowest BCUT2D eigenvalue weighted by atomic mass is 10.1. The summed E-state index contributed by atoms with van der Waals surface area (Å²) in [5.41, 5.74) is 1.68. The van der Waals surface area contributed by atoms with E-state index in [0.717, 1.165) is 30.7 Å². The van der Waals surface area contributed by atoms with Crippen molar-refractivity contribution in [3.05, 3.63) is 64.7 Å². The minimum absolute atomic E-state index is 0.00870. The molecule has 1 aliphatic heterocycles. The Morgan fingerprint density at radius 2 is 1.80 bits per heavy atom. The molecule has 0 spiro atoms. The fourth-order valence-corrected chi connectivity index (χ4v) is 3.75. The first-order chi connectivity index (χ1) is 14.6. The highest BCUT2D eigenvalue weighted by atomic mass is 35.5. The van der Waals surface area contributed by atoms with Crippen molar-refractivity contribution in [2.24, 2.45) is 0 Å². The normalized spacial score (nSPS) is 14.8. The van der Waals surface area contributed by atoms with Crippen LogP contribution in [0.5, 0.6) is 5.75 Å². The third-order valence-electron chi connectivity index (χ3n) is 5.24. The van der Waals surface area contributed by atoms with Gasteiger partial charge in [0.25, 0.3) is 5.91 Å². The highest BCUT2D eigenvalue weighted by Crippen LogP contribution is 2.18. The third kappa shape index (κ3) is 6.21. The van der Waals surface area contributed by atoms with E-state index in [1.807, 2.05) is 41.3 Å². The van der Waals surface area contributed by atoms with Crippen molar-refractivity contribution < 1.29 is 14.3 Å². The molecule has 1 aliphatic rings. The summed E-state index contributed by atoms with van der Waals surface area (Å²) in [7, 11) is 1.64. The van der Waals surface area contributed by atoms with Crippen molar-refractivity contribution in [3.63, 3.8) is 0 Å². The predicted molar refractivity (Wildman–Crippen MR) is 118 cm³/mol. The lowest BCUT2D eigenvalue weighted by Gasteiger charge is -2.22. The van der Waals surface area contributed by atoms with Gasteiger partial charge < -0.3 is 15.0 Å². The molecule has 0 unspecified atom stereocenters. The number of methoxy groups -OCH3 is 1. The maximum absolute atomic E-state index is 12.8. The van der Waals surface area contributed by atoms with Crippen LogP contribution in [0.1, 0.15) is 22.3 Å². The maximum Gasteiger partial charge on any atom is 0.255 e. The van der Waals surface area contributed by atoms with Gasteiger partial charge in [-0.25, -0.2) is 0 Å². The molecule has 3 rings (SSSR count). The SMILES string of the molecule is COc1ccc(CCNC(=O)CN2CCCN(C(=O)c3ccccc3Cl)CC2)cc1. The number of ether oxygens (including phenoxy) is 1. The molecule has 30 heavy (non-hydrogen) atoms. The number of hydrogen-bond donors (Lipinski definition) is 1. The zero-order valence-electron chi connectivity index (χ0n) is 17.3. The molecular formula is C23H28ClN3O3. The molecule has 6 nitrogen and oxygen atoms in total. The van der Waals surface area contributed by atoms with Gasteiger partial charge in [-0.1, -0.05) is 35.9 Å². The second kappa shape index (κ2) is 11.0. The molecule has 0 atom stereocenters. The number of halogens is 1. The van der Waals surface area contributed by atoms with E-state index in [4.69, 9.17) is 16.3 Å². The molecule has 0 radical (unpaired) electrons. The molecule has 1 saturated heterocycles. The fourth-order valence-electron chi connectivity index (χ4n) is 3.53. The number of carbonyl (C=O) groups excluding carboxylic acids is 2. The Kier molecular flexibility index (Phi) is 8.11. The van der Waals surface area contributed by atoms with E-state index in [2.05, 4.69) is 10.2 Å². The lowest BCUT2D eigenvalue weighted by molar-refractivity contribution is -0.122. The van der Waals surface area contributed by atoms with Gasteiger partial charge in [0.05, 0.1) is 24.2 Å². The molecule has 1 heterocycles. The minimum atomic E-state index is -0.0496. The minimum Gasteiger partial charge on any atom is -0.497 e. The first kappa shape index (κ1) is 22.1. The molecule has 0 aromatic heterocycles. The Hall–Kier alpha value is -2.57. The van der Waals surface area contributed by atoms with Crippen LogP contribution in [0.25, 0.3) is 0 Å². The second-order valence-corrected chi connectivity index (χ2v) is 7.76. The Balaban J connectivity index is 1.42. The van der Waals surface area contributed by atoms with Crippen LogP contribution in [-0.2, 0) is 11.2 Å². The fraction of sp³-hybridized carbons (Fsp3) is 0.391. The highest BCUT2D eigenvalue weighted by Gasteiger charge is 2.22. The van der Waals surface area contributed by atoms with Crippen molar-refractivity contribution in [1.29, 1.82) is 0 Å². The topological polar surface area (TPSA) is 61.9 Å². The van der Waals surface area contributed by atoms with E-state index in [-0.39, 0.29) is 11.8 Å². The number of nitrogens with zero attached hydrogens (tertiary/aromatic N) is 2. The van der Waals surface area contributed by atoms with Crippen LogP contribution in [-0.4, -0.2) is 68.0 Å². The summed E-state index contributed by atoms with van der Waals surface area (Å²) in [4.78, 5) is 29.0. The summed E-state index contributed by atoms with van der Waals surface area (Å²) in [6, 6.07) is 15.0. The van der Waals surface area contributed by atoms with Crippen LogP contribution in [0.3, 0.4) is 0 Å². The Morgan fingerprint density at radius 1 is 1.03 bits per heavy atom. The van der Waals surface area contributed by atoms with Gasteiger partial charge in [0.1, 0.15) is 5.75 Å². The molecule has 0 bridgehead atoms. The van der Waals surface area contributed by atoms with Crippen LogP contribution in [0, 0.1) is 0 Å². The molecule has 1 fully saturated rings. The zero-order valence-corrected chi connectivity index (χ0v) is 18.0. The number of carbonyl (C=O) groups is 2. The van der Waals surface area contributed by atoms with Crippen LogP contribution in [0.4, 0.5) is 0 Å². The Morgan fingerprint density at radius 3 is 2.53 bits per heavy atom. The second-order valence-electron chi connectivity index (χ2n) is 7.35. The van der Waals surface area contributed by atoms with Gasteiger partial charge in [0.15, 0.2) is 0 Å². The molecule has 0 aliphatic carbocycles. The molecule has 0 saturated carbocycles. The molecule has 2 amide bonds. The van der Waals surface area contributed by atoms with E-state index < -0.39 is 0 Å². The number of hydrogen-bond acceptors (Lipinski definition) is 4. The molecule has 160 valence electrons. The van der Waals surface area contributed by atoms with E-state index in [1.54, 1.807) is 19.2 Å². The van der Waals surface area contributed by atoms with Gasteiger partial charge in [-0.3, -0.25) is 14.5 Å². The molecule has 7 heteroatoms. The average molecular weight is 430 g/mol. The predicted octanol–water partition coefficient (Wildman–Crippen LogP) is 2.86. The van der Waals surface area contributed by atoms with Gasteiger partial charge in [-0.15, -0.1) is 0 Å². The van der Waals surface area contributed by atoms with Gasteiger partial charge in [0.2, 0.25) is 5.91 Å². The number of rotatable bonds is 7. The maximum atomic E-state index is 12.8. The van der Waals surface area contributed by atoms with E-state index >= 15 is 0 Å². The Labute approximate surface area is 182 Å². The summed E-state index contributed by atoms with van der Waals surface area (Å²) in [6.45, 7) is 3.65. The number of amides is 2. The van der Waals surface area contributed by atoms with Crippen LogP contribution < -0.4 is 10.1 Å². The largest absolute Gasteiger partial charge is 0.497 e. The van der Waals surface area contributed by atoms with Crippen molar-refractivity contribution in [1.82, 2.24) is 15.1 Å². The summed E-state index contributed by atoms with van der Waals surface area (Å²) < 4.78 is 5.15. The van der Waals surface area contributed by atoms with Gasteiger partial charge in [-0.05, 0) is 42.7 Å². The van der Waals surface area contributed by atoms with Crippen LogP contribution in [0.2, 0.25) is 5.02 Å². The molecule has 2 aromatic rings. The first-order valence-electron chi connectivity index (χ1n) is 10.2. The molecule has 1 N–H and O–H groups in total. The van der Waals surface area contributed by atoms with Gasteiger partial charge in [-0.2, -0.15) is 0 Å². The summed E-state index contributed by atoms with van der Waals surface area (Å²) in [5, 5.41) is 3.46. The first-order valence-corrected chi connectivity index (χ1v) is 10.6. The quantitative estimate of drug-likeness (QED) is 0.735. The zero-order chi connectivity index (χ0) is 21.3. The van der Waals surface area contributed by atoms with Crippen molar-refractivity contribution in [2.75, 3.05) is 46.4 Å². The number of nitrogens with one attached hydrogen (secondary N) is 1. The standard InChI is InChI=1S/C23H28ClN3O3/c1-30-19-9-7-18(8-10-19)11-12-25-22(28)17-26-13-4-14-27(16-15-26)23(29)20-5-2-3-6-21(20)24/h2-3,5-10H,4,11-17H2,1H3,(H,25,28). The third-order valence-corrected chi connectivity index (χ3v) is 5.57. The number of benzene rings is 2. The molecule has 2 aromatic carbocycles. The van der Waals surface area contributed by atoms with Crippen molar-refractivity contribution in [2.45, 2.75) is 12.8 Å². The summed E-state index contributed by atoms with van der Waals surface area (Å²) in [6.07, 6.45) is 1.60. The molecular weight excluding hydrogens is 402 g/mol. The van der Waals surface area contributed by atoms with Gasteiger partial charge >= 0.3 is 0 Å². The summed E-state index contributed by atoms with van der Waals surface area (Å²) in [5.74, 6) is 0.784. The monoisotopic (exact) mass is 429 g/mol. The Bertz CT molecular complexity index is 857. The highest BCUT2D eigenvalue weighted by molar-refractivity contribution is 6.33. The van der Waals surface area contributed by atoms with Crippen molar-refractivity contribution >= 4 is 23.4 Å².